The first-order chi connectivity index (χ1) is 12.9. The molecule has 0 spiro atoms. The lowest BCUT2D eigenvalue weighted by molar-refractivity contribution is -0.136. The highest BCUT2D eigenvalue weighted by atomic mass is 16.5. The van der Waals surface area contributed by atoms with Gasteiger partial charge in [-0.3, -0.25) is 9.59 Å². The van der Waals surface area contributed by atoms with E-state index in [1.54, 1.807) is 30.2 Å². The minimum atomic E-state index is -0.370. The van der Waals surface area contributed by atoms with Crippen molar-refractivity contribution in [2.75, 3.05) is 19.5 Å². The summed E-state index contributed by atoms with van der Waals surface area (Å²) in [6.07, 6.45) is -0.223. The number of nitrogens with zero attached hydrogens (tertiary/aromatic N) is 1. The summed E-state index contributed by atoms with van der Waals surface area (Å²) < 4.78 is 10.4. The van der Waals surface area contributed by atoms with Gasteiger partial charge in [0.05, 0.1) is 14.2 Å². The number of hydrogen-bond donors (Lipinski definition) is 1. The van der Waals surface area contributed by atoms with Crippen LogP contribution < -0.4 is 14.8 Å². The van der Waals surface area contributed by atoms with Crippen molar-refractivity contribution in [2.45, 2.75) is 32.9 Å². The number of benzene rings is 2. The second-order valence-corrected chi connectivity index (χ2v) is 6.40. The van der Waals surface area contributed by atoms with Gasteiger partial charge < -0.3 is 19.7 Å². The van der Waals surface area contributed by atoms with Crippen LogP contribution in [-0.4, -0.2) is 37.0 Å². The highest BCUT2D eigenvalue weighted by Crippen LogP contribution is 2.29. The monoisotopic (exact) mass is 370 g/mol. The lowest BCUT2D eigenvalue weighted by Gasteiger charge is -2.27. The number of rotatable bonds is 8. The summed E-state index contributed by atoms with van der Waals surface area (Å²) in [5.74, 6) is 0.493. The zero-order chi connectivity index (χ0) is 19.8. The van der Waals surface area contributed by atoms with Crippen molar-refractivity contribution in [3.8, 4) is 11.5 Å². The van der Waals surface area contributed by atoms with E-state index in [0.717, 1.165) is 5.56 Å². The second kappa shape index (κ2) is 9.62. The Bertz CT molecular complexity index is 775. The molecule has 1 N–H and O–H groups in total. The average molecular weight is 370 g/mol. The molecule has 2 rings (SSSR count). The Balaban J connectivity index is 2.01. The van der Waals surface area contributed by atoms with Gasteiger partial charge in [-0.05, 0) is 31.5 Å². The third-order valence-corrected chi connectivity index (χ3v) is 4.12. The molecule has 27 heavy (non-hydrogen) atoms. The van der Waals surface area contributed by atoms with Crippen molar-refractivity contribution in [1.82, 2.24) is 4.90 Å². The van der Waals surface area contributed by atoms with E-state index in [1.165, 1.54) is 7.11 Å². The first-order valence-electron chi connectivity index (χ1n) is 8.80. The summed E-state index contributed by atoms with van der Waals surface area (Å²) in [5.41, 5.74) is 1.57. The van der Waals surface area contributed by atoms with Gasteiger partial charge in [0.1, 0.15) is 6.42 Å². The van der Waals surface area contributed by atoms with Gasteiger partial charge >= 0.3 is 0 Å². The highest BCUT2D eigenvalue weighted by molar-refractivity contribution is 6.03. The molecule has 0 atom stereocenters. The lowest BCUT2D eigenvalue weighted by Crippen LogP contribution is -2.38. The smallest absolute Gasteiger partial charge is 0.233 e. The third-order valence-electron chi connectivity index (χ3n) is 4.12. The van der Waals surface area contributed by atoms with Gasteiger partial charge in [0, 0.05) is 24.3 Å². The predicted octanol–water partition coefficient (Wildman–Crippen LogP) is 3.47. The second-order valence-electron chi connectivity index (χ2n) is 6.40. The number of ether oxygens (including phenoxy) is 2. The average Bonchev–Trinajstić information content (AvgIpc) is 2.66. The largest absolute Gasteiger partial charge is 0.493 e. The zero-order valence-corrected chi connectivity index (χ0v) is 16.2. The molecule has 2 amide bonds. The molecule has 0 radical (unpaired) electrons. The first kappa shape index (κ1) is 20.3. The van der Waals surface area contributed by atoms with E-state index in [4.69, 9.17) is 9.47 Å². The van der Waals surface area contributed by atoms with E-state index in [-0.39, 0.29) is 24.3 Å². The molecular formula is C21H26N2O4. The van der Waals surface area contributed by atoms with Gasteiger partial charge in [0.2, 0.25) is 11.8 Å². The van der Waals surface area contributed by atoms with Crippen LogP contribution in [0.2, 0.25) is 0 Å². The third kappa shape index (κ3) is 5.74. The summed E-state index contributed by atoms with van der Waals surface area (Å²) in [6.45, 7) is 4.35. The molecule has 0 aliphatic carbocycles. The molecule has 6 nitrogen and oxygen atoms in total. The molecule has 0 heterocycles. The van der Waals surface area contributed by atoms with Crippen LogP contribution in [0.5, 0.6) is 11.5 Å². The van der Waals surface area contributed by atoms with E-state index < -0.39 is 0 Å². The SMILES string of the molecule is COc1ccc(NC(=O)CC(=O)N(Cc2ccccc2)C(C)C)cc1OC. The van der Waals surface area contributed by atoms with Crippen LogP contribution in [0.3, 0.4) is 0 Å². The van der Waals surface area contributed by atoms with Gasteiger partial charge in [-0.25, -0.2) is 0 Å². The van der Waals surface area contributed by atoms with Crippen LogP contribution in [0.1, 0.15) is 25.8 Å². The minimum Gasteiger partial charge on any atom is -0.493 e. The summed E-state index contributed by atoms with van der Waals surface area (Å²) in [7, 11) is 3.07. The molecule has 0 bridgehead atoms. The number of hydrogen-bond acceptors (Lipinski definition) is 4. The molecule has 0 fully saturated rings. The van der Waals surface area contributed by atoms with E-state index in [0.29, 0.717) is 23.7 Å². The Morgan fingerprint density at radius 3 is 2.26 bits per heavy atom. The highest BCUT2D eigenvalue weighted by Gasteiger charge is 2.20. The molecule has 144 valence electrons. The summed E-state index contributed by atoms with van der Waals surface area (Å²) in [5, 5.41) is 2.73. The van der Waals surface area contributed by atoms with Gasteiger partial charge in [-0.2, -0.15) is 0 Å². The Morgan fingerprint density at radius 1 is 1.00 bits per heavy atom. The van der Waals surface area contributed by atoms with E-state index in [1.807, 2.05) is 44.2 Å². The number of amides is 2. The van der Waals surface area contributed by atoms with Crippen LogP contribution in [0.15, 0.2) is 48.5 Å². The molecule has 6 heteroatoms. The van der Waals surface area contributed by atoms with Crippen LogP contribution in [0, 0.1) is 0 Å². The number of carbonyl (C=O) groups is 2. The van der Waals surface area contributed by atoms with Crippen LogP contribution in [0.25, 0.3) is 0 Å². The van der Waals surface area contributed by atoms with Crippen molar-refractivity contribution in [1.29, 1.82) is 0 Å². The quantitative estimate of drug-likeness (QED) is 0.723. The van der Waals surface area contributed by atoms with Crippen LogP contribution in [-0.2, 0) is 16.1 Å². The predicted molar refractivity (Wildman–Crippen MR) is 105 cm³/mol. The molecule has 0 saturated carbocycles. The summed E-state index contributed by atoms with van der Waals surface area (Å²) in [6, 6.07) is 14.8. The molecule has 0 aliphatic heterocycles. The number of anilines is 1. The van der Waals surface area contributed by atoms with Crippen molar-refractivity contribution < 1.29 is 19.1 Å². The molecule has 0 aliphatic rings. The fourth-order valence-electron chi connectivity index (χ4n) is 2.70. The summed E-state index contributed by atoms with van der Waals surface area (Å²) >= 11 is 0. The van der Waals surface area contributed by atoms with Gasteiger partial charge in [-0.15, -0.1) is 0 Å². The standard InChI is InChI=1S/C21H26N2O4/c1-15(2)23(14-16-8-6-5-7-9-16)21(25)13-20(24)22-17-10-11-18(26-3)19(12-17)27-4/h5-12,15H,13-14H2,1-4H3,(H,22,24). The van der Waals surface area contributed by atoms with Crippen LogP contribution >= 0.6 is 0 Å². The molecular weight excluding hydrogens is 344 g/mol. The fourth-order valence-corrected chi connectivity index (χ4v) is 2.70. The topological polar surface area (TPSA) is 67.9 Å². The van der Waals surface area contributed by atoms with Gasteiger partial charge in [0.15, 0.2) is 11.5 Å². The van der Waals surface area contributed by atoms with E-state index in [2.05, 4.69) is 5.32 Å². The first-order valence-corrected chi connectivity index (χ1v) is 8.80. The van der Waals surface area contributed by atoms with Gasteiger partial charge in [-0.1, -0.05) is 30.3 Å². The number of carbonyl (C=O) groups excluding carboxylic acids is 2. The zero-order valence-electron chi connectivity index (χ0n) is 16.2. The van der Waals surface area contributed by atoms with Crippen molar-refractivity contribution >= 4 is 17.5 Å². The van der Waals surface area contributed by atoms with Crippen molar-refractivity contribution in [3.63, 3.8) is 0 Å². The molecule has 2 aromatic rings. The van der Waals surface area contributed by atoms with E-state index >= 15 is 0 Å². The molecule has 2 aromatic carbocycles. The van der Waals surface area contributed by atoms with E-state index in [9.17, 15) is 9.59 Å². The van der Waals surface area contributed by atoms with Crippen LogP contribution in [0.4, 0.5) is 5.69 Å². The van der Waals surface area contributed by atoms with Crippen molar-refractivity contribution in [3.05, 3.63) is 54.1 Å². The summed E-state index contributed by atoms with van der Waals surface area (Å²) in [4.78, 5) is 26.7. The lowest BCUT2D eigenvalue weighted by atomic mass is 10.1. The van der Waals surface area contributed by atoms with Crippen molar-refractivity contribution in [2.24, 2.45) is 0 Å². The molecule has 0 saturated heterocycles. The fraction of sp³-hybridized carbons (Fsp3) is 0.333. The Morgan fingerprint density at radius 2 is 1.67 bits per heavy atom. The molecule has 0 unspecified atom stereocenters. The van der Waals surface area contributed by atoms with Gasteiger partial charge in [0.25, 0.3) is 0 Å². The normalized spacial score (nSPS) is 10.4. The Labute approximate surface area is 160 Å². The maximum atomic E-state index is 12.6. The number of nitrogens with one attached hydrogen (secondary N) is 1. The Kier molecular flexibility index (Phi) is 7.23. The number of methoxy groups -OCH3 is 2. The minimum absolute atomic E-state index is 0.00779. The molecule has 0 aromatic heterocycles. The maximum absolute atomic E-state index is 12.6. The maximum Gasteiger partial charge on any atom is 0.233 e. The Hall–Kier alpha value is -3.02.